The molecule has 0 aliphatic heterocycles. The van der Waals surface area contributed by atoms with E-state index in [-0.39, 0.29) is 6.61 Å². The number of aliphatic hydroxyl groups is 1. The second-order valence-electron chi connectivity index (χ2n) is 2.02. The van der Waals surface area contributed by atoms with Crippen molar-refractivity contribution in [3.63, 3.8) is 0 Å². The van der Waals surface area contributed by atoms with Gasteiger partial charge in [0.25, 0.3) is 0 Å². The third kappa shape index (κ3) is 5.32. The molecule has 0 aromatic heterocycles. The lowest BCUT2D eigenvalue weighted by Crippen LogP contribution is -1.72. The van der Waals surface area contributed by atoms with E-state index in [9.17, 15) is 0 Å². The van der Waals surface area contributed by atoms with E-state index in [2.05, 4.69) is 0 Å². The van der Waals surface area contributed by atoms with Crippen molar-refractivity contribution in [1.29, 1.82) is 0 Å². The Morgan fingerprint density at radius 3 is 2.70 bits per heavy atom. The Bertz CT molecular complexity index is 152. The molecule has 0 aliphatic rings. The highest BCUT2D eigenvalue weighted by Gasteiger charge is 1.75. The van der Waals surface area contributed by atoms with Gasteiger partial charge in [-0.05, 0) is 13.8 Å². The van der Waals surface area contributed by atoms with E-state index in [1.807, 2.05) is 38.2 Å². The summed E-state index contributed by atoms with van der Waals surface area (Å²) >= 11 is 0. The Hall–Kier alpha value is -0.820. The minimum atomic E-state index is 0.112. The Balaban J connectivity index is 3.81. The lowest BCUT2D eigenvalue weighted by molar-refractivity contribution is 0.342. The predicted octanol–water partition coefficient (Wildman–Crippen LogP) is 2.06. The normalized spacial score (nSPS) is 13.7. The van der Waals surface area contributed by atoms with Crippen LogP contribution in [0.25, 0.3) is 0 Å². The molecule has 0 fully saturated rings. The molecule has 0 aromatic carbocycles. The van der Waals surface area contributed by atoms with Gasteiger partial charge >= 0.3 is 0 Å². The van der Waals surface area contributed by atoms with Crippen LogP contribution in [-0.4, -0.2) is 11.7 Å². The molecule has 0 amide bonds. The van der Waals surface area contributed by atoms with Crippen LogP contribution in [0.2, 0.25) is 0 Å². The summed E-state index contributed by atoms with van der Waals surface area (Å²) < 4.78 is 0. The Morgan fingerprint density at radius 2 is 2.20 bits per heavy atom. The summed E-state index contributed by atoms with van der Waals surface area (Å²) in [5.41, 5.74) is 1.15. The zero-order chi connectivity index (χ0) is 7.82. The van der Waals surface area contributed by atoms with E-state index >= 15 is 0 Å². The standard InChI is InChI=1S/C9H14O/c1-3-4-6-9(2)7-5-8-10/h3-7,10H,8H2,1-2H3/b4-3-,7-5+,9-6+. The van der Waals surface area contributed by atoms with Crippen LogP contribution >= 0.6 is 0 Å². The van der Waals surface area contributed by atoms with Crippen LogP contribution in [0.15, 0.2) is 36.0 Å². The molecule has 0 bridgehead atoms. The molecular formula is C9H14O. The summed E-state index contributed by atoms with van der Waals surface area (Å²) in [6, 6.07) is 0. The molecule has 0 aromatic rings. The molecule has 10 heavy (non-hydrogen) atoms. The first kappa shape index (κ1) is 9.18. The van der Waals surface area contributed by atoms with Crippen molar-refractivity contribution < 1.29 is 5.11 Å². The fourth-order valence-corrected chi connectivity index (χ4v) is 0.542. The highest BCUT2D eigenvalue weighted by molar-refractivity contribution is 5.21. The molecule has 0 spiro atoms. The van der Waals surface area contributed by atoms with E-state index in [0.29, 0.717) is 0 Å². The van der Waals surface area contributed by atoms with Gasteiger partial charge in [0.05, 0.1) is 6.61 Å². The van der Waals surface area contributed by atoms with E-state index in [4.69, 9.17) is 5.11 Å². The highest BCUT2D eigenvalue weighted by Crippen LogP contribution is 1.94. The molecule has 0 heterocycles. The predicted molar refractivity (Wildman–Crippen MR) is 44.8 cm³/mol. The lowest BCUT2D eigenvalue weighted by atomic mass is 10.2. The summed E-state index contributed by atoms with van der Waals surface area (Å²) in [5, 5.41) is 8.41. The van der Waals surface area contributed by atoms with Gasteiger partial charge in [0.1, 0.15) is 0 Å². The van der Waals surface area contributed by atoms with E-state index in [1.165, 1.54) is 0 Å². The third-order valence-electron chi connectivity index (χ3n) is 1.04. The van der Waals surface area contributed by atoms with Gasteiger partial charge in [0.2, 0.25) is 0 Å². The molecule has 56 valence electrons. The van der Waals surface area contributed by atoms with Crippen LogP contribution < -0.4 is 0 Å². The van der Waals surface area contributed by atoms with E-state index < -0.39 is 0 Å². The maximum absolute atomic E-state index is 8.41. The van der Waals surface area contributed by atoms with Gasteiger partial charge in [-0.3, -0.25) is 0 Å². The summed E-state index contributed by atoms with van der Waals surface area (Å²) in [7, 11) is 0. The van der Waals surface area contributed by atoms with Crippen molar-refractivity contribution in [3.8, 4) is 0 Å². The van der Waals surface area contributed by atoms with Crippen LogP contribution in [0, 0.1) is 0 Å². The topological polar surface area (TPSA) is 20.2 Å². The first-order valence-electron chi connectivity index (χ1n) is 3.38. The average Bonchev–Trinajstić information content (AvgIpc) is 1.97. The largest absolute Gasteiger partial charge is 0.392 e. The summed E-state index contributed by atoms with van der Waals surface area (Å²) in [4.78, 5) is 0. The van der Waals surface area contributed by atoms with Crippen molar-refractivity contribution in [2.24, 2.45) is 0 Å². The fraction of sp³-hybridized carbons (Fsp3) is 0.333. The molecule has 0 unspecified atom stereocenters. The van der Waals surface area contributed by atoms with Gasteiger partial charge in [-0.1, -0.05) is 36.0 Å². The van der Waals surface area contributed by atoms with E-state index in [1.54, 1.807) is 6.08 Å². The maximum atomic E-state index is 8.41. The molecular weight excluding hydrogens is 124 g/mol. The second-order valence-corrected chi connectivity index (χ2v) is 2.02. The minimum Gasteiger partial charge on any atom is -0.392 e. The Morgan fingerprint density at radius 1 is 1.50 bits per heavy atom. The highest BCUT2D eigenvalue weighted by atomic mass is 16.2. The number of rotatable bonds is 3. The van der Waals surface area contributed by atoms with Gasteiger partial charge in [0, 0.05) is 0 Å². The molecule has 1 heteroatoms. The molecule has 1 N–H and O–H groups in total. The monoisotopic (exact) mass is 138 g/mol. The molecule has 1 nitrogen and oxygen atoms in total. The van der Waals surface area contributed by atoms with E-state index in [0.717, 1.165) is 5.57 Å². The summed E-state index contributed by atoms with van der Waals surface area (Å²) in [5.74, 6) is 0. The molecule has 0 saturated carbocycles. The molecule has 0 rings (SSSR count). The van der Waals surface area contributed by atoms with Crippen molar-refractivity contribution in [3.05, 3.63) is 36.0 Å². The van der Waals surface area contributed by atoms with Crippen LogP contribution in [-0.2, 0) is 0 Å². The zero-order valence-electron chi connectivity index (χ0n) is 6.54. The smallest absolute Gasteiger partial charge is 0.0615 e. The Kier molecular flexibility index (Phi) is 5.79. The minimum absolute atomic E-state index is 0.112. The molecule has 0 atom stereocenters. The zero-order valence-corrected chi connectivity index (χ0v) is 6.54. The SMILES string of the molecule is C\C=C/C=C(C)/C=C/CO. The molecule has 0 saturated heterocycles. The van der Waals surface area contributed by atoms with Crippen molar-refractivity contribution in [2.45, 2.75) is 13.8 Å². The quantitative estimate of drug-likeness (QED) is 0.592. The maximum Gasteiger partial charge on any atom is 0.0615 e. The van der Waals surface area contributed by atoms with Gasteiger partial charge < -0.3 is 5.11 Å². The molecule has 0 radical (unpaired) electrons. The average molecular weight is 138 g/mol. The first-order chi connectivity index (χ1) is 4.81. The number of hydrogen-bond donors (Lipinski definition) is 1. The van der Waals surface area contributed by atoms with Gasteiger partial charge in [0.15, 0.2) is 0 Å². The van der Waals surface area contributed by atoms with Gasteiger partial charge in [-0.15, -0.1) is 0 Å². The van der Waals surface area contributed by atoms with Crippen molar-refractivity contribution in [2.75, 3.05) is 6.61 Å². The van der Waals surface area contributed by atoms with Crippen LogP contribution in [0.1, 0.15) is 13.8 Å². The summed E-state index contributed by atoms with van der Waals surface area (Å²) in [6.45, 7) is 4.08. The Labute approximate surface area is 62.4 Å². The third-order valence-corrected chi connectivity index (χ3v) is 1.04. The van der Waals surface area contributed by atoms with Crippen LogP contribution in [0.5, 0.6) is 0 Å². The van der Waals surface area contributed by atoms with Gasteiger partial charge in [-0.2, -0.15) is 0 Å². The second kappa shape index (κ2) is 6.30. The lowest BCUT2D eigenvalue weighted by Gasteiger charge is -1.85. The van der Waals surface area contributed by atoms with Crippen LogP contribution in [0.4, 0.5) is 0 Å². The van der Waals surface area contributed by atoms with Crippen LogP contribution in [0.3, 0.4) is 0 Å². The fourth-order valence-electron chi connectivity index (χ4n) is 0.542. The first-order valence-corrected chi connectivity index (χ1v) is 3.38. The van der Waals surface area contributed by atoms with Crippen molar-refractivity contribution in [1.82, 2.24) is 0 Å². The number of aliphatic hydroxyl groups excluding tert-OH is 1. The number of allylic oxidation sites excluding steroid dienone is 5. The van der Waals surface area contributed by atoms with Gasteiger partial charge in [-0.25, -0.2) is 0 Å². The number of hydrogen-bond acceptors (Lipinski definition) is 1. The summed E-state index contributed by atoms with van der Waals surface area (Å²) in [6.07, 6.45) is 9.54. The van der Waals surface area contributed by atoms with Crippen molar-refractivity contribution >= 4 is 0 Å². The molecule has 0 aliphatic carbocycles.